The van der Waals surface area contributed by atoms with E-state index in [1.165, 1.54) is 12.1 Å². The van der Waals surface area contributed by atoms with E-state index in [9.17, 15) is 14.7 Å². The molecule has 0 fully saturated rings. The fraction of sp³-hybridized carbons (Fsp3) is 0.0667. The van der Waals surface area contributed by atoms with Crippen LogP contribution in [0.5, 0.6) is 5.75 Å². The molecule has 6 heteroatoms. The fourth-order valence-electron chi connectivity index (χ4n) is 1.65. The largest absolute Gasteiger partial charge is 0.506 e. The maximum Gasteiger partial charge on any atom is 0.314 e. The number of phenols is 1. The van der Waals surface area contributed by atoms with Crippen molar-refractivity contribution in [3.63, 3.8) is 0 Å². The number of nitrogens with one attached hydrogen (secondary N) is 2. The lowest BCUT2D eigenvalue weighted by molar-refractivity contribution is -0.133. The Bertz CT molecular complexity index is 684. The number of anilines is 2. The van der Waals surface area contributed by atoms with Crippen molar-refractivity contribution in [3.05, 3.63) is 52.5 Å². The molecular formula is C15H13BrN2O3. The first-order valence-electron chi connectivity index (χ1n) is 6.13. The first kappa shape index (κ1) is 15.1. The smallest absolute Gasteiger partial charge is 0.314 e. The summed E-state index contributed by atoms with van der Waals surface area (Å²) >= 11 is 3.28. The van der Waals surface area contributed by atoms with Gasteiger partial charge in [0, 0.05) is 10.2 Å². The van der Waals surface area contributed by atoms with Crippen LogP contribution in [0, 0.1) is 6.92 Å². The van der Waals surface area contributed by atoms with Crippen molar-refractivity contribution in [3.8, 4) is 5.75 Å². The highest BCUT2D eigenvalue weighted by atomic mass is 79.9. The number of phenolic OH excluding ortho intramolecular Hbond substituents is 1. The molecule has 2 amide bonds. The van der Waals surface area contributed by atoms with Gasteiger partial charge in [0.2, 0.25) is 0 Å². The van der Waals surface area contributed by atoms with Gasteiger partial charge in [-0.2, -0.15) is 0 Å². The second-order valence-electron chi connectivity index (χ2n) is 4.44. The molecule has 0 aromatic heterocycles. The van der Waals surface area contributed by atoms with Gasteiger partial charge in [0.1, 0.15) is 5.75 Å². The Labute approximate surface area is 130 Å². The minimum Gasteiger partial charge on any atom is -0.506 e. The Morgan fingerprint density at radius 2 is 1.62 bits per heavy atom. The van der Waals surface area contributed by atoms with Gasteiger partial charge in [-0.25, -0.2) is 0 Å². The molecule has 3 N–H and O–H groups in total. The molecule has 0 aliphatic rings. The van der Waals surface area contributed by atoms with Gasteiger partial charge in [0.25, 0.3) is 0 Å². The van der Waals surface area contributed by atoms with Crippen molar-refractivity contribution in [2.24, 2.45) is 0 Å². The van der Waals surface area contributed by atoms with Gasteiger partial charge in [-0.05, 0) is 48.9 Å². The third kappa shape index (κ3) is 4.06. The Balaban J connectivity index is 2.02. The maximum atomic E-state index is 11.8. The van der Waals surface area contributed by atoms with Crippen molar-refractivity contribution >= 4 is 39.1 Å². The quantitative estimate of drug-likeness (QED) is 0.576. The fourth-order valence-corrected chi connectivity index (χ4v) is 1.91. The summed E-state index contributed by atoms with van der Waals surface area (Å²) < 4.78 is 0.870. The van der Waals surface area contributed by atoms with Crippen molar-refractivity contribution in [2.45, 2.75) is 6.92 Å². The van der Waals surface area contributed by atoms with Gasteiger partial charge in [-0.1, -0.05) is 22.0 Å². The van der Waals surface area contributed by atoms with E-state index >= 15 is 0 Å². The van der Waals surface area contributed by atoms with E-state index in [4.69, 9.17) is 0 Å². The molecule has 0 atom stereocenters. The second-order valence-corrected chi connectivity index (χ2v) is 5.35. The summed E-state index contributed by atoms with van der Waals surface area (Å²) in [6, 6.07) is 11.6. The number of carbonyl (C=O) groups is 2. The second kappa shape index (κ2) is 6.41. The van der Waals surface area contributed by atoms with Gasteiger partial charge < -0.3 is 15.7 Å². The number of carbonyl (C=O) groups excluding carboxylic acids is 2. The summed E-state index contributed by atoms with van der Waals surface area (Å²) in [5.41, 5.74) is 1.55. The van der Waals surface area contributed by atoms with E-state index in [-0.39, 0.29) is 11.4 Å². The standard InChI is InChI=1S/C15H13BrN2O3/c1-9-2-7-12(13(19)8-9)18-15(21)14(20)17-11-5-3-10(16)4-6-11/h2-8,19H,1H3,(H,17,20)(H,18,21). The number of aryl methyl sites for hydroxylation is 1. The monoisotopic (exact) mass is 348 g/mol. The molecule has 0 aliphatic heterocycles. The average Bonchev–Trinajstić information content (AvgIpc) is 2.44. The molecule has 0 heterocycles. The third-order valence-corrected chi connectivity index (χ3v) is 3.24. The van der Waals surface area contributed by atoms with Crippen LogP contribution in [0.4, 0.5) is 11.4 Å². The number of hydrogen-bond donors (Lipinski definition) is 3. The van der Waals surface area contributed by atoms with Gasteiger partial charge in [-0.3, -0.25) is 9.59 Å². The van der Waals surface area contributed by atoms with E-state index in [2.05, 4.69) is 26.6 Å². The molecule has 5 nitrogen and oxygen atoms in total. The van der Waals surface area contributed by atoms with Crippen LogP contribution in [-0.2, 0) is 9.59 Å². The highest BCUT2D eigenvalue weighted by Crippen LogP contribution is 2.23. The molecule has 0 aliphatic carbocycles. The Morgan fingerprint density at radius 3 is 2.24 bits per heavy atom. The zero-order valence-corrected chi connectivity index (χ0v) is 12.8. The third-order valence-electron chi connectivity index (χ3n) is 2.71. The molecule has 0 unspecified atom stereocenters. The highest BCUT2D eigenvalue weighted by Gasteiger charge is 2.15. The van der Waals surface area contributed by atoms with Crippen LogP contribution in [0.25, 0.3) is 0 Å². The summed E-state index contributed by atoms with van der Waals surface area (Å²) in [6.45, 7) is 1.81. The lowest BCUT2D eigenvalue weighted by atomic mass is 10.2. The number of rotatable bonds is 2. The molecule has 2 rings (SSSR count). The zero-order valence-electron chi connectivity index (χ0n) is 11.2. The van der Waals surface area contributed by atoms with Crippen LogP contribution >= 0.6 is 15.9 Å². The van der Waals surface area contributed by atoms with Crippen molar-refractivity contribution in [1.29, 1.82) is 0 Å². The molecular weight excluding hydrogens is 336 g/mol. The molecule has 0 saturated carbocycles. The predicted molar refractivity (Wildman–Crippen MR) is 84.2 cm³/mol. The van der Waals surface area contributed by atoms with E-state index in [1.54, 1.807) is 30.3 Å². The average molecular weight is 349 g/mol. The number of amides is 2. The number of aromatic hydroxyl groups is 1. The van der Waals surface area contributed by atoms with Crippen LogP contribution in [0.2, 0.25) is 0 Å². The van der Waals surface area contributed by atoms with Crippen LogP contribution in [0.1, 0.15) is 5.56 Å². The zero-order chi connectivity index (χ0) is 15.4. The minimum atomic E-state index is -0.850. The topological polar surface area (TPSA) is 78.4 Å². The van der Waals surface area contributed by atoms with Gasteiger partial charge in [0.05, 0.1) is 5.69 Å². The van der Waals surface area contributed by atoms with Crippen LogP contribution in [0.15, 0.2) is 46.9 Å². The first-order valence-corrected chi connectivity index (χ1v) is 6.92. The predicted octanol–water partition coefficient (Wildman–Crippen LogP) is 3.04. The normalized spacial score (nSPS) is 10.0. The molecule has 0 bridgehead atoms. The lowest BCUT2D eigenvalue weighted by Crippen LogP contribution is -2.29. The number of hydrogen-bond acceptors (Lipinski definition) is 3. The Morgan fingerprint density at radius 1 is 1.00 bits per heavy atom. The molecule has 21 heavy (non-hydrogen) atoms. The molecule has 0 radical (unpaired) electrons. The molecule has 108 valence electrons. The maximum absolute atomic E-state index is 11.8. The summed E-state index contributed by atoms with van der Waals surface area (Å²) in [7, 11) is 0. The summed E-state index contributed by atoms with van der Waals surface area (Å²) in [4.78, 5) is 23.5. The summed E-state index contributed by atoms with van der Waals surface area (Å²) in [6.07, 6.45) is 0. The number of halogens is 1. The summed E-state index contributed by atoms with van der Waals surface area (Å²) in [5, 5.41) is 14.5. The minimum absolute atomic E-state index is 0.0835. The lowest BCUT2D eigenvalue weighted by Gasteiger charge is -2.08. The van der Waals surface area contributed by atoms with E-state index in [1.807, 2.05) is 6.92 Å². The molecule has 0 saturated heterocycles. The summed E-state index contributed by atoms with van der Waals surface area (Å²) in [5.74, 6) is -1.74. The Kier molecular flexibility index (Phi) is 4.59. The van der Waals surface area contributed by atoms with Gasteiger partial charge >= 0.3 is 11.8 Å². The van der Waals surface area contributed by atoms with E-state index in [0.29, 0.717) is 5.69 Å². The first-order chi connectivity index (χ1) is 9.95. The van der Waals surface area contributed by atoms with Crippen LogP contribution in [-0.4, -0.2) is 16.9 Å². The van der Waals surface area contributed by atoms with Gasteiger partial charge in [0.15, 0.2) is 0 Å². The van der Waals surface area contributed by atoms with Crippen molar-refractivity contribution in [1.82, 2.24) is 0 Å². The molecule has 0 spiro atoms. The highest BCUT2D eigenvalue weighted by molar-refractivity contribution is 9.10. The molecule has 2 aromatic carbocycles. The number of benzene rings is 2. The van der Waals surface area contributed by atoms with Crippen molar-refractivity contribution in [2.75, 3.05) is 10.6 Å². The van der Waals surface area contributed by atoms with E-state index < -0.39 is 11.8 Å². The van der Waals surface area contributed by atoms with E-state index in [0.717, 1.165) is 10.0 Å². The van der Waals surface area contributed by atoms with Gasteiger partial charge in [-0.15, -0.1) is 0 Å². The molecule has 2 aromatic rings. The van der Waals surface area contributed by atoms with Crippen LogP contribution < -0.4 is 10.6 Å². The van der Waals surface area contributed by atoms with Crippen LogP contribution in [0.3, 0.4) is 0 Å². The SMILES string of the molecule is Cc1ccc(NC(=O)C(=O)Nc2ccc(Br)cc2)c(O)c1. The Hall–Kier alpha value is -2.34. The van der Waals surface area contributed by atoms with Crippen molar-refractivity contribution < 1.29 is 14.7 Å².